The molecule has 0 radical (unpaired) electrons. The van der Waals surface area contributed by atoms with Crippen molar-refractivity contribution in [3.05, 3.63) is 12.2 Å². The summed E-state index contributed by atoms with van der Waals surface area (Å²) in [4.78, 5) is 9.62. The third kappa shape index (κ3) is 7.52. The second-order valence-electron chi connectivity index (χ2n) is 3.78. The van der Waals surface area contributed by atoms with Gasteiger partial charge >= 0.3 is 0 Å². The molecule has 0 aliphatic heterocycles. The largest absolute Gasteiger partial charge is 0.303 e. The molecule has 1 heteroatoms. The number of carbonyl (C=O) groups excluding carboxylic acids is 1. The van der Waals surface area contributed by atoms with Gasteiger partial charge < -0.3 is 4.79 Å². The second-order valence-corrected chi connectivity index (χ2v) is 3.78. The molecule has 0 saturated carbocycles. The molecule has 0 bridgehead atoms. The Morgan fingerprint density at radius 1 is 1.58 bits per heavy atom. The van der Waals surface area contributed by atoms with E-state index in [1.165, 1.54) is 12.8 Å². The molecule has 1 atom stereocenters. The van der Waals surface area contributed by atoms with Crippen LogP contribution in [0.15, 0.2) is 12.2 Å². The van der Waals surface area contributed by atoms with Gasteiger partial charge in [0, 0.05) is 6.42 Å². The maximum atomic E-state index is 9.62. The fourth-order valence-electron chi connectivity index (χ4n) is 0.976. The molecule has 0 N–H and O–H groups in total. The van der Waals surface area contributed by atoms with Crippen LogP contribution in [0.5, 0.6) is 0 Å². The number of rotatable bonds is 2. The van der Waals surface area contributed by atoms with E-state index >= 15 is 0 Å². The number of aldehydes is 1. The summed E-state index contributed by atoms with van der Waals surface area (Å²) in [6, 6.07) is 0. The van der Waals surface area contributed by atoms with E-state index in [1.54, 1.807) is 0 Å². The third-order valence-corrected chi connectivity index (χ3v) is 1.82. The molecule has 0 amide bonds. The SMILES string of the molecule is CC(C)CC=O.CC1C=CCC1. The Morgan fingerprint density at radius 3 is 2.33 bits per heavy atom. The van der Waals surface area contributed by atoms with Gasteiger partial charge in [-0.1, -0.05) is 32.9 Å². The van der Waals surface area contributed by atoms with Gasteiger partial charge in [0.1, 0.15) is 6.29 Å². The first kappa shape index (κ1) is 11.4. The molecule has 0 heterocycles. The van der Waals surface area contributed by atoms with Crippen LogP contribution in [0.2, 0.25) is 0 Å². The summed E-state index contributed by atoms with van der Waals surface area (Å²) in [6.45, 7) is 6.30. The van der Waals surface area contributed by atoms with Crippen LogP contribution in [0.3, 0.4) is 0 Å². The van der Waals surface area contributed by atoms with Crippen LogP contribution < -0.4 is 0 Å². The van der Waals surface area contributed by atoms with Gasteiger partial charge in [-0.25, -0.2) is 0 Å². The molecule has 0 aromatic carbocycles. The number of carbonyl (C=O) groups is 1. The van der Waals surface area contributed by atoms with Gasteiger partial charge in [0.05, 0.1) is 0 Å². The monoisotopic (exact) mass is 168 g/mol. The van der Waals surface area contributed by atoms with E-state index in [0.29, 0.717) is 12.3 Å². The summed E-state index contributed by atoms with van der Waals surface area (Å²) in [6.07, 6.45) is 8.86. The van der Waals surface area contributed by atoms with Gasteiger partial charge in [-0.15, -0.1) is 0 Å². The van der Waals surface area contributed by atoms with Crippen molar-refractivity contribution < 1.29 is 4.79 Å². The van der Waals surface area contributed by atoms with Crippen LogP contribution >= 0.6 is 0 Å². The van der Waals surface area contributed by atoms with Crippen LogP contribution in [-0.4, -0.2) is 6.29 Å². The fraction of sp³-hybridized carbons (Fsp3) is 0.727. The zero-order chi connectivity index (χ0) is 9.40. The van der Waals surface area contributed by atoms with E-state index in [1.807, 2.05) is 13.8 Å². The maximum Gasteiger partial charge on any atom is 0.120 e. The molecule has 1 unspecified atom stereocenters. The lowest BCUT2D eigenvalue weighted by Crippen LogP contribution is -1.84. The fourth-order valence-corrected chi connectivity index (χ4v) is 0.976. The normalized spacial score (nSPS) is 20.5. The standard InChI is InChI=1S/C6H10.C5H10O/c1-6-4-2-3-5-6;1-5(2)3-4-6/h2,4,6H,3,5H2,1H3;4-5H,3H2,1-2H3. The van der Waals surface area contributed by atoms with Crippen molar-refractivity contribution in [1.82, 2.24) is 0 Å². The minimum atomic E-state index is 0.530. The zero-order valence-corrected chi connectivity index (χ0v) is 8.42. The van der Waals surface area contributed by atoms with Gasteiger partial charge in [-0.3, -0.25) is 0 Å². The van der Waals surface area contributed by atoms with Crippen molar-refractivity contribution >= 4 is 6.29 Å². The van der Waals surface area contributed by atoms with Crippen molar-refractivity contribution in [2.24, 2.45) is 11.8 Å². The highest BCUT2D eigenvalue weighted by Gasteiger charge is 1.98. The van der Waals surface area contributed by atoms with Gasteiger partial charge in [0.25, 0.3) is 0 Å². The topological polar surface area (TPSA) is 17.1 Å². The Labute approximate surface area is 75.9 Å². The highest BCUT2D eigenvalue weighted by atomic mass is 16.1. The number of hydrogen-bond acceptors (Lipinski definition) is 1. The molecule has 1 aliphatic carbocycles. The molecular weight excluding hydrogens is 148 g/mol. The van der Waals surface area contributed by atoms with E-state index in [0.717, 1.165) is 12.2 Å². The Morgan fingerprint density at radius 2 is 2.25 bits per heavy atom. The van der Waals surface area contributed by atoms with Crippen LogP contribution in [0, 0.1) is 11.8 Å². The predicted octanol–water partition coefficient (Wildman–Crippen LogP) is 3.20. The van der Waals surface area contributed by atoms with E-state index in [9.17, 15) is 4.79 Å². The summed E-state index contributed by atoms with van der Waals surface area (Å²) in [5, 5.41) is 0. The third-order valence-electron chi connectivity index (χ3n) is 1.82. The quantitative estimate of drug-likeness (QED) is 0.457. The summed E-state index contributed by atoms with van der Waals surface area (Å²) < 4.78 is 0. The molecule has 1 aliphatic rings. The van der Waals surface area contributed by atoms with Crippen LogP contribution in [0.4, 0.5) is 0 Å². The van der Waals surface area contributed by atoms with E-state index < -0.39 is 0 Å². The van der Waals surface area contributed by atoms with Crippen LogP contribution in [0.25, 0.3) is 0 Å². The molecule has 0 saturated heterocycles. The molecule has 0 aromatic heterocycles. The van der Waals surface area contributed by atoms with Gasteiger partial charge in [-0.05, 0) is 24.7 Å². The predicted molar refractivity (Wildman–Crippen MR) is 53.1 cm³/mol. The van der Waals surface area contributed by atoms with Gasteiger partial charge in [0.2, 0.25) is 0 Å². The Kier molecular flexibility index (Phi) is 6.73. The molecule has 12 heavy (non-hydrogen) atoms. The van der Waals surface area contributed by atoms with Gasteiger partial charge in [0.15, 0.2) is 0 Å². The molecule has 70 valence electrons. The van der Waals surface area contributed by atoms with Gasteiger partial charge in [-0.2, -0.15) is 0 Å². The summed E-state index contributed by atoms with van der Waals surface area (Å²) >= 11 is 0. The van der Waals surface area contributed by atoms with E-state index in [2.05, 4.69) is 19.1 Å². The lowest BCUT2D eigenvalue weighted by molar-refractivity contribution is -0.108. The second kappa shape index (κ2) is 7.08. The van der Waals surface area contributed by atoms with Crippen molar-refractivity contribution in [2.45, 2.75) is 40.0 Å². The number of allylic oxidation sites excluding steroid dienone is 2. The highest BCUT2D eigenvalue weighted by Crippen LogP contribution is 2.14. The Balaban J connectivity index is 0.000000202. The lowest BCUT2D eigenvalue weighted by Gasteiger charge is -1.89. The Hall–Kier alpha value is -0.590. The molecule has 1 rings (SSSR count). The van der Waals surface area contributed by atoms with Crippen molar-refractivity contribution in [3.63, 3.8) is 0 Å². The molecule has 1 nitrogen and oxygen atoms in total. The van der Waals surface area contributed by atoms with Crippen LogP contribution in [-0.2, 0) is 4.79 Å². The van der Waals surface area contributed by atoms with Crippen molar-refractivity contribution in [2.75, 3.05) is 0 Å². The first-order valence-electron chi connectivity index (χ1n) is 4.77. The van der Waals surface area contributed by atoms with E-state index in [4.69, 9.17) is 0 Å². The molecule has 0 spiro atoms. The minimum absolute atomic E-state index is 0.530. The first-order chi connectivity index (χ1) is 5.66. The average Bonchev–Trinajstić information content (AvgIpc) is 2.40. The van der Waals surface area contributed by atoms with E-state index in [-0.39, 0.29) is 0 Å². The molecule has 0 fully saturated rings. The zero-order valence-electron chi connectivity index (χ0n) is 8.42. The van der Waals surface area contributed by atoms with Crippen molar-refractivity contribution in [1.29, 1.82) is 0 Å². The lowest BCUT2D eigenvalue weighted by atomic mass is 10.2. The van der Waals surface area contributed by atoms with Crippen LogP contribution in [0.1, 0.15) is 40.0 Å². The van der Waals surface area contributed by atoms with Crippen molar-refractivity contribution in [3.8, 4) is 0 Å². The summed E-state index contributed by atoms with van der Waals surface area (Å²) in [5.74, 6) is 1.40. The molecular formula is C11H20O. The maximum absolute atomic E-state index is 9.62. The molecule has 0 aromatic rings. The average molecular weight is 168 g/mol. The Bertz CT molecular complexity index is 136. The summed E-state index contributed by atoms with van der Waals surface area (Å²) in [7, 11) is 0. The summed E-state index contributed by atoms with van der Waals surface area (Å²) in [5.41, 5.74) is 0. The first-order valence-corrected chi connectivity index (χ1v) is 4.77. The smallest absolute Gasteiger partial charge is 0.120 e. The number of hydrogen-bond donors (Lipinski definition) is 0. The minimum Gasteiger partial charge on any atom is -0.303 e. The highest BCUT2D eigenvalue weighted by molar-refractivity contribution is 5.49.